The zero-order valence-electron chi connectivity index (χ0n) is 16.2. The van der Waals surface area contributed by atoms with E-state index in [9.17, 15) is 13.2 Å². The monoisotopic (exact) mass is 388 g/mol. The molecule has 0 heterocycles. The van der Waals surface area contributed by atoms with Crippen molar-refractivity contribution in [3.63, 3.8) is 0 Å². The van der Waals surface area contributed by atoms with E-state index in [1.807, 2.05) is 79.4 Å². The Morgan fingerprint density at radius 3 is 2.07 bits per heavy atom. The van der Waals surface area contributed by atoms with Crippen molar-refractivity contribution >= 4 is 21.4 Å². The highest BCUT2D eigenvalue weighted by Gasteiger charge is 2.23. The zero-order chi connectivity index (χ0) is 19.9. The minimum Gasteiger partial charge on any atom is -0.307 e. The molecule has 27 heavy (non-hydrogen) atoms. The highest BCUT2D eigenvalue weighted by atomic mass is 32.2. The lowest BCUT2D eigenvalue weighted by Crippen LogP contribution is -2.45. The van der Waals surface area contributed by atoms with Crippen LogP contribution in [0.4, 0.5) is 5.69 Å². The van der Waals surface area contributed by atoms with E-state index in [2.05, 4.69) is 0 Å². The first kappa shape index (κ1) is 21.1. The maximum atomic E-state index is 13.1. The third-order valence-electron chi connectivity index (χ3n) is 4.46. The Kier molecular flexibility index (Phi) is 7.56. The van der Waals surface area contributed by atoms with Gasteiger partial charge in [-0.3, -0.25) is 9.69 Å². The zero-order valence-corrected chi connectivity index (χ0v) is 17.0. The summed E-state index contributed by atoms with van der Waals surface area (Å²) in [5.74, 6) is -0.00902. The molecule has 0 N–H and O–H groups in total. The maximum absolute atomic E-state index is 13.1. The van der Waals surface area contributed by atoms with Crippen LogP contribution in [0.15, 0.2) is 60.7 Å². The average Bonchev–Trinajstić information content (AvgIpc) is 2.64. The van der Waals surface area contributed by atoms with Crippen LogP contribution in [-0.2, 0) is 21.2 Å². The summed E-state index contributed by atoms with van der Waals surface area (Å²) in [6.45, 7) is 5.05. The molecule has 0 radical (unpaired) electrons. The van der Waals surface area contributed by atoms with E-state index < -0.39 is 9.84 Å². The van der Waals surface area contributed by atoms with Gasteiger partial charge in [-0.1, -0.05) is 55.5 Å². The normalized spacial score (nSPS) is 12.7. The van der Waals surface area contributed by atoms with Gasteiger partial charge in [-0.15, -0.1) is 0 Å². The van der Waals surface area contributed by atoms with Crippen molar-refractivity contribution in [1.29, 1.82) is 0 Å². The van der Waals surface area contributed by atoms with Crippen molar-refractivity contribution in [1.82, 2.24) is 4.90 Å². The molecule has 1 amide bonds. The average molecular weight is 389 g/mol. The Morgan fingerprint density at radius 1 is 1.00 bits per heavy atom. The van der Waals surface area contributed by atoms with E-state index in [0.717, 1.165) is 11.3 Å². The van der Waals surface area contributed by atoms with Gasteiger partial charge in [0.15, 0.2) is 0 Å². The van der Waals surface area contributed by atoms with E-state index in [-0.39, 0.29) is 24.2 Å². The van der Waals surface area contributed by atoms with Gasteiger partial charge in [-0.05, 0) is 31.2 Å². The number of rotatable bonds is 9. The second kappa shape index (κ2) is 9.67. The largest absolute Gasteiger partial charge is 0.307 e. The van der Waals surface area contributed by atoms with E-state index in [4.69, 9.17) is 0 Å². The number of nitrogens with zero attached hydrogens (tertiary/aromatic N) is 2. The molecule has 146 valence electrons. The van der Waals surface area contributed by atoms with Crippen molar-refractivity contribution in [2.75, 3.05) is 30.0 Å². The molecule has 2 aromatic carbocycles. The predicted molar refractivity (Wildman–Crippen MR) is 110 cm³/mol. The summed E-state index contributed by atoms with van der Waals surface area (Å²) in [6, 6.07) is 19.2. The molecule has 1 atom stereocenters. The second-order valence-electron chi connectivity index (χ2n) is 6.81. The minimum absolute atomic E-state index is 0.0398. The van der Waals surface area contributed by atoms with E-state index in [1.165, 1.54) is 6.26 Å². The molecule has 2 aromatic rings. The molecule has 0 fully saturated rings. The van der Waals surface area contributed by atoms with Crippen molar-refractivity contribution in [3.05, 3.63) is 66.2 Å². The third kappa shape index (κ3) is 6.81. The fraction of sp³-hybridized carbons (Fsp3) is 0.381. The molecule has 2 rings (SSSR count). The van der Waals surface area contributed by atoms with Crippen molar-refractivity contribution in [3.8, 4) is 0 Å². The molecular formula is C21H28N2O3S. The lowest BCUT2D eigenvalue weighted by Gasteiger charge is -2.30. The molecule has 0 saturated carbocycles. The molecule has 0 spiro atoms. The lowest BCUT2D eigenvalue weighted by molar-refractivity contribution is -0.120. The minimum atomic E-state index is -3.10. The molecule has 0 aromatic heterocycles. The van der Waals surface area contributed by atoms with Crippen LogP contribution in [0.2, 0.25) is 0 Å². The van der Waals surface area contributed by atoms with Gasteiger partial charge in [0.2, 0.25) is 5.91 Å². The number of anilines is 1. The summed E-state index contributed by atoms with van der Waals surface area (Å²) in [7, 11) is -3.10. The summed E-state index contributed by atoms with van der Waals surface area (Å²) in [5.41, 5.74) is 1.88. The molecule has 0 bridgehead atoms. The van der Waals surface area contributed by atoms with Gasteiger partial charge in [0.25, 0.3) is 0 Å². The Bertz CT molecular complexity index is 823. The smallest absolute Gasteiger partial charge is 0.241 e. The number of para-hydroxylation sites is 1. The van der Waals surface area contributed by atoms with Gasteiger partial charge in [-0.2, -0.15) is 0 Å². The highest BCUT2D eigenvalue weighted by Crippen LogP contribution is 2.18. The summed E-state index contributed by atoms with van der Waals surface area (Å²) in [6.07, 6.45) is 1.23. The first-order valence-corrected chi connectivity index (χ1v) is 11.2. The van der Waals surface area contributed by atoms with Crippen LogP contribution in [0.5, 0.6) is 0 Å². The van der Waals surface area contributed by atoms with Crippen LogP contribution in [0.3, 0.4) is 0 Å². The van der Waals surface area contributed by atoms with Gasteiger partial charge >= 0.3 is 0 Å². The van der Waals surface area contributed by atoms with Crippen LogP contribution >= 0.6 is 0 Å². The highest BCUT2D eigenvalue weighted by molar-refractivity contribution is 7.90. The second-order valence-corrected chi connectivity index (χ2v) is 8.99. The number of likely N-dealkylation sites (N-methyl/N-ethyl adjacent to an activating group) is 1. The molecule has 0 aliphatic carbocycles. The molecular weight excluding hydrogens is 360 g/mol. The fourth-order valence-electron chi connectivity index (χ4n) is 3.08. The molecule has 0 aliphatic rings. The quantitative estimate of drug-likeness (QED) is 0.663. The van der Waals surface area contributed by atoms with Gasteiger partial charge in [0.05, 0.1) is 18.8 Å². The molecule has 6 heteroatoms. The standard InChI is InChI=1S/C21H28N2O3S/c1-4-22(18(2)17-27(3,25)26)16-21(24)23(20-13-9-6-10-14-20)15-19-11-7-5-8-12-19/h5-14,18H,4,15-17H2,1-3H3. The van der Waals surface area contributed by atoms with Gasteiger partial charge in [0.1, 0.15) is 9.84 Å². The number of benzene rings is 2. The van der Waals surface area contributed by atoms with Crippen LogP contribution < -0.4 is 4.90 Å². The van der Waals surface area contributed by atoms with Crippen LogP contribution in [0.25, 0.3) is 0 Å². The molecule has 0 saturated heterocycles. The number of sulfone groups is 1. The summed E-state index contributed by atoms with van der Waals surface area (Å²) in [4.78, 5) is 16.8. The van der Waals surface area contributed by atoms with Gasteiger partial charge in [-0.25, -0.2) is 8.42 Å². The van der Waals surface area contributed by atoms with Crippen molar-refractivity contribution < 1.29 is 13.2 Å². The van der Waals surface area contributed by atoms with Crippen LogP contribution in [-0.4, -0.2) is 50.4 Å². The Hall–Kier alpha value is -2.18. The Morgan fingerprint density at radius 2 is 1.56 bits per heavy atom. The topological polar surface area (TPSA) is 57.7 Å². The number of hydrogen-bond donors (Lipinski definition) is 0. The van der Waals surface area contributed by atoms with E-state index in [1.54, 1.807) is 4.90 Å². The van der Waals surface area contributed by atoms with Gasteiger partial charge < -0.3 is 4.90 Å². The lowest BCUT2D eigenvalue weighted by atomic mass is 10.2. The van der Waals surface area contributed by atoms with Crippen molar-refractivity contribution in [2.45, 2.75) is 26.4 Å². The van der Waals surface area contributed by atoms with Crippen LogP contribution in [0, 0.1) is 0 Å². The van der Waals surface area contributed by atoms with Crippen molar-refractivity contribution in [2.24, 2.45) is 0 Å². The first-order valence-electron chi connectivity index (χ1n) is 9.11. The summed E-state index contributed by atoms with van der Waals surface area (Å²) in [5, 5.41) is 0. The Labute approximate surface area is 162 Å². The number of amides is 1. The fourth-order valence-corrected chi connectivity index (χ4v) is 4.17. The third-order valence-corrected chi connectivity index (χ3v) is 5.55. The Balaban J connectivity index is 2.20. The number of carbonyl (C=O) groups is 1. The number of carbonyl (C=O) groups excluding carboxylic acids is 1. The first-order chi connectivity index (χ1) is 12.8. The maximum Gasteiger partial charge on any atom is 0.241 e. The van der Waals surface area contributed by atoms with E-state index in [0.29, 0.717) is 13.1 Å². The summed E-state index contributed by atoms with van der Waals surface area (Å²) >= 11 is 0. The van der Waals surface area contributed by atoms with Gasteiger partial charge in [0, 0.05) is 18.0 Å². The molecule has 0 aliphatic heterocycles. The molecule has 5 nitrogen and oxygen atoms in total. The van der Waals surface area contributed by atoms with Crippen LogP contribution in [0.1, 0.15) is 19.4 Å². The number of hydrogen-bond acceptors (Lipinski definition) is 4. The van der Waals surface area contributed by atoms with E-state index >= 15 is 0 Å². The predicted octanol–water partition coefficient (Wildman–Crippen LogP) is 2.97. The summed E-state index contributed by atoms with van der Waals surface area (Å²) < 4.78 is 23.2. The SMILES string of the molecule is CCN(CC(=O)N(Cc1ccccc1)c1ccccc1)C(C)CS(C)(=O)=O. The molecule has 1 unspecified atom stereocenters.